The summed E-state index contributed by atoms with van der Waals surface area (Å²) in [6.45, 7) is 11.3. The summed E-state index contributed by atoms with van der Waals surface area (Å²) in [5, 5.41) is 4.02. The summed E-state index contributed by atoms with van der Waals surface area (Å²) in [5.41, 5.74) is -4.97. The number of anilines is 2. The van der Waals surface area contributed by atoms with Crippen LogP contribution in [0.3, 0.4) is 0 Å². The summed E-state index contributed by atoms with van der Waals surface area (Å²) in [6.07, 6.45) is -9.35. The van der Waals surface area contributed by atoms with E-state index in [9.17, 15) is 40.7 Å². The SMILES string of the molecule is CC(C)(C)OC(=O)N(CCCC(=O)N1CCN(c2ncc(C(F)(F)F)cn2)CC1)c1cc(C(F)(F)F)c(=O)n(COCC[Si](C)(C)C)n1. The van der Waals surface area contributed by atoms with Gasteiger partial charge in [-0.25, -0.2) is 19.4 Å². The zero-order valence-electron chi connectivity index (χ0n) is 27.7. The number of halogens is 6. The number of hydrogen-bond acceptors (Lipinski definition) is 9. The fraction of sp³-hybridized carbons (Fsp3) is 0.655. The van der Waals surface area contributed by atoms with E-state index in [4.69, 9.17) is 9.47 Å². The number of hydrogen-bond donors (Lipinski definition) is 0. The molecule has 0 unspecified atom stereocenters. The number of carbonyl (C=O) groups is 2. The first-order valence-corrected chi connectivity index (χ1v) is 19.0. The summed E-state index contributed by atoms with van der Waals surface area (Å²) >= 11 is 0. The van der Waals surface area contributed by atoms with Gasteiger partial charge in [0.05, 0.1) is 5.56 Å². The molecule has 0 bridgehead atoms. The number of carbonyl (C=O) groups excluding carboxylic acids is 2. The normalized spacial score (nSPS) is 14.7. The molecule has 3 rings (SSSR count). The highest BCUT2D eigenvalue weighted by atomic mass is 28.3. The Morgan fingerprint density at radius 1 is 0.958 bits per heavy atom. The average molecular weight is 710 g/mol. The molecule has 12 nitrogen and oxygen atoms in total. The smallest absolute Gasteiger partial charge is 0.421 e. The van der Waals surface area contributed by atoms with Gasteiger partial charge in [0.2, 0.25) is 11.9 Å². The van der Waals surface area contributed by atoms with E-state index in [1.165, 1.54) is 4.90 Å². The molecule has 1 fully saturated rings. The third kappa shape index (κ3) is 11.5. The molecule has 2 aromatic heterocycles. The second-order valence-electron chi connectivity index (χ2n) is 13.4. The van der Waals surface area contributed by atoms with Crippen molar-refractivity contribution in [3.63, 3.8) is 0 Å². The molecule has 0 aromatic carbocycles. The van der Waals surface area contributed by atoms with Crippen LogP contribution in [0.5, 0.6) is 0 Å². The van der Waals surface area contributed by atoms with Crippen molar-refractivity contribution in [2.45, 2.75) is 84.0 Å². The number of nitrogens with zero attached hydrogens (tertiary/aromatic N) is 7. The van der Waals surface area contributed by atoms with Crippen LogP contribution in [0.1, 0.15) is 44.7 Å². The standard InChI is InChI=1S/C29H41F6N7O5Si/c1-27(2,3)47-26(45)41(22-16-21(29(33,34)35)24(44)42(38-22)19-46-14-15-48(4,5)6)9-7-8-23(43)39-10-12-40(13-11-39)25-36-17-20(18-37-25)28(30,31)32/h16-18H,7-15,19H2,1-6H3. The van der Waals surface area contributed by atoms with Crippen LogP contribution >= 0.6 is 0 Å². The third-order valence-corrected chi connectivity index (χ3v) is 8.72. The van der Waals surface area contributed by atoms with E-state index in [1.54, 1.807) is 25.7 Å². The van der Waals surface area contributed by atoms with E-state index in [0.29, 0.717) is 29.2 Å². The highest BCUT2D eigenvalue weighted by molar-refractivity contribution is 6.76. The van der Waals surface area contributed by atoms with Crippen molar-refractivity contribution in [2.75, 3.05) is 49.1 Å². The predicted octanol–water partition coefficient (Wildman–Crippen LogP) is 5.25. The minimum absolute atomic E-state index is 0.00910. The van der Waals surface area contributed by atoms with Crippen molar-refractivity contribution in [3.8, 4) is 0 Å². The van der Waals surface area contributed by atoms with Gasteiger partial charge in [0.25, 0.3) is 5.56 Å². The zero-order chi connectivity index (χ0) is 36.1. The Morgan fingerprint density at radius 2 is 1.56 bits per heavy atom. The fourth-order valence-electron chi connectivity index (χ4n) is 4.43. The molecule has 2 aromatic rings. The van der Waals surface area contributed by atoms with E-state index in [2.05, 4.69) is 34.7 Å². The maximum Gasteiger partial charge on any atom is 0.421 e. The Balaban J connectivity index is 1.72. The lowest BCUT2D eigenvalue weighted by atomic mass is 10.2. The second kappa shape index (κ2) is 15.2. The number of alkyl halides is 6. The number of aromatic nitrogens is 4. The van der Waals surface area contributed by atoms with Gasteiger partial charge in [-0.3, -0.25) is 14.5 Å². The highest BCUT2D eigenvalue weighted by Crippen LogP contribution is 2.30. The van der Waals surface area contributed by atoms with Crippen LogP contribution in [0.4, 0.5) is 42.9 Å². The van der Waals surface area contributed by atoms with E-state index in [0.717, 1.165) is 4.90 Å². The predicted molar refractivity (Wildman–Crippen MR) is 166 cm³/mol. The minimum atomic E-state index is -5.06. The summed E-state index contributed by atoms with van der Waals surface area (Å²) in [6, 6.07) is 1.18. The molecule has 1 saturated heterocycles. The summed E-state index contributed by atoms with van der Waals surface area (Å²) in [5.74, 6) is -0.712. The minimum Gasteiger partial charge on any atom is -0.443 e. The quantitative estimate of drug-likeness (QED) is 0.175. The van der Waals surface area contributed by atoms with Crippen molar-refractivity contribution in [1.82, 2.24) is 24.6 Å². The van der Waals surface area contributed by atoms with E-state index < -0.39 is 61.4 Å². The molecule has 3 heterocycles. The lowest BCUT2D eigenvalue weighted by Crippen LogP contribution is -2.49. The monoisotopic (exact) mass is 709 g/mol. The largest absolute Gasteiger partial charge is 0.443 e. The van der Waals surface area contributed by atoms with Crippen molar-refractivity contribution < 1.29 is 45.4 Å². The number of piperazine rings is 1. The van der Waals surface area contributed by atoms with Crippen LogP contribution in [0, 0.1) is 0 Å². The van der Waals surface area contributed by atoms with Gasteiger partial charge in [-0.15, -0.1) is 5.10 Å². The molecule has 48 heavy (non-hydrogen) atoms. The number of rotatable bonds is 11. The van der Waals surface area contributed by atoms with Gasteiger partial charge in [-0.2, -0.15) is 26.3 Å². The second-order valence-corrected chi connectivity index (χ2v) is 19.1. The first-order valence-electron chi connectivity index (χ1n) is 15.2. The first-order chi connectivity index (χ1) is 22.0. The molecule has 1 aliphatic rings. The molecule has 0 N–H and O–H groups in total. The molecule has 0 spiro atoms. The van der Waals surface area contributed by atoms with Crippen molar-refractivity contribution in [3.05, 3.63) is 39.9 Å². The van der Waals surface area contributed by atoms with Crippen LogP contribution in [-0.4, -0.2) is 89.7 Å². The van der Waals surface area contributed by atoms with E-state index in [1.807, 2.05) is 0 Å². The fourth-order valence-corrected chi connectivity index (χ4v) is 5.19. The van der Waals surface area contributed by atoms with Gasteiger partial charge >= 0.3 is 18.4 Å². The molecule has 19 heteroatoms. The number of ether oxygens (including phenoxy) is 2. The van der Waals surface area contributed by atoms with Crippen LogP contribution in [0.25, 0.3) is 0 Å². The topological polar surface area (TPSA) is 123 Å². The van der Waals surface area contributed by atoms with Gasteiger partial charge in [-0.1, -0.05) is 19.6 Å². The first kappa shape index (κ1) is 38.7. The van der Waals surface area contributed by atoms with E-state index in [-0.39, 0.29) is 64.0 Å². The Morgan fingerprint density at radius 3 is 2.08 bits per heavy atom. The maximum atomic E-state index is 13.9. The van der Waals surface area contributed by atoms with Crippen LogP contribution in [-0.2, 0) is 33.4 Å². The lowest BCUT2D eigenvalue weighted by molar-refractivity contribution is -0.139. The van der Waals surface area contributed by atoms with Gasteiger partial charge in [0.15, 0.2) is 5.82 Å². The Bertz CT molecular complexity index is 1470. The molecule has 0 radical (unpaired) electrons. The zero-order valence-corrected chi connectivity index (χ0v) is 28.7. The van der Waals surface area contributed by atoms with Gasteiger partial charge < -0.3 is 19.3 Å². The number of amides is 2. The summed E-state index contributed by atoms with van der Waals surface area (Å²) in [4.78, 5) is 50.5. The lowest BCUT2D eigenvalue weighted by Gasteiger charge is -2.35. The molecule has 0 atom stereocenters. The van der Waals surface area contributed by atoms with Crippen LogP contribution in [0.15, 0.2) is 23.3 Å². The summed E-state index contributed by atoms with van der Waals surface area (Å²) < 4.78 is 91.7. The Hall–Kier alpha value is -3.74. The molecule has 2 amide bonds. The highest BCUT2D eigenvalue weighted by Gasteiger charge is 2.37. The Kier molecular flexibility index (Phi) is 12.3. The van der Waals surface area contributed by atoms with Crippen molar-refractivity contribution in [1.29, 1.82) is 0 Å². The molecule has 0 aliphatic carbocycles. The average Bonchev–Trinajstić information content (AvgIpc) is 2.96. The van der Waals surface area contributed by atoms with Gasteiger partial charge in [-0.05, 0) is 33.2 Å². The van der Waals surface area contributed by atoms with Crippen molar-refractivity contribution in [2.24, 2.45) is 0 Å². The molecule has 0 saturated carbocycles. The molecule has 1 aliphatic heterocycles. The van der Waals surface area contributed by atoms with Gasteiger partial charge in [0, 0.05) is 72.3 Å². The van der Waals surface area contributed by atoms with Gasteiger partial charge in [0.1, 0.15) is 17.9 Å². The van der Waals surface area contributed by atoms with E-state index >= 15 is 0 Å². The molecular formula is C29H41F6N7O5Si. The van der Waals surface area contributed by atoms with Crippen LogP contribution < -0.4 is 15.4 Å². The Labute approximate surface area is 275 Å². The molecule has 268 valence electrons. The van der Waals surface area contributed by atoms with Crippen LogP contribution in [0.2, 0.25) is 25.7 Å². The third-order valence-electron chi connectivity index (χ3n) is 7.02. The summed E-state index contributed by atoms with van der Waals surface area (Å²) in [7, 11) is -1.54. The maximum absolute atomic E-state index is 13.9. The van der Waals surface area contributed by atoms with Crippen molar-refractivity contribution >= 4 is 31.8 Å². The molecular weight excluding hydrogens is 668 g/mol.